The largest absolute Gasteiger partial charge is 0.481 e. The van der Waals surface area contributed by atoms with Crippen molar-refractivity contribution in [1.82, 2.24) is 20.2 Å². The Morgan fingerprint density at radius 2 is 2.42 bits per heavy atom. The van der Waals surface area contributed by atoms with Crippen LogP contribution in [0.5, 0.6) is 0 Å². The molecule has 1 N–H and O–H groups in total. The number of aromatic nitrogens is 4. The Hall–Kier alpha value is -1.46. The van der Waals surface area contributed by atoms with E-state index in [4.69, 9.17) is 5.11 Å². The second kappa shape index (κ2) is 2.26. The molecule has 1 aromatic heterocycles. The molecule has 1 aliphatic carbocycles. The van der Waals surface area contributed by atoms with Gasteiger partial charge in [0.1, 0.15) is 6.33 Å². The minimum Gasteiger partial charge on any atom is -0.481 e. The van der Waals surface area contributed by atoms with Gasteiger partial charge in [-0.2, -0.15) is 0 Å². The van der Waals surface area contributed by atoms with Crippen LogP contribution < -0.4 is 0 Å². The lowest BCUT2D eigenvalue weighted by atomic mass is 10.1. The lowest BCUT2D eigenvalue weighted by molar-refractivity contribution is -0.144. The molecule has 0 unspecified atom stereocenters. The van der Waals surface area contributed by atoms with Gasteiger partial charge in [0.25, 0.3) is 0 Å². The van der Waals surface area contributed by atoms with E-state index in [1.54, 1.807) is 0 Å². The minimum absolute atomic E-state index is 0.384. The average Bonchev–Trinajstić information content (AvgIpc) is 2.60. The van der Waals surface area contributed by atoms with Gasteiger partial charge in [0.2, 0.25) is 0 Å². The van der Waals surface area contributed by atoms with Crippen LogP contribution in [0.3, 0.4) is 0 Å². The summed E-state index contributed by atoms with van der Waals surface area (Å²) in [7, 11) is 0. The van der Waals surface area contributed by atoms with E-state index in [-0.39, 0.29) is 0 Å². The third-order valence-corrected chi connectivity index (χ3v) is 2.16. The third kappa shape index (κ3) is 1.05. The standard InChI is InChI=1S/C6H8N4O2/c11-5(12)6(1-2-6)3-10-4-7-8-9-10/h4H,1-3H2,(H,11,12). The van der Waals surface area contributed by atoms with Crippen molar-refractivity contribution in [3.05, 3.63) is 6.33 Å². The normalized spacial score (nSPS) is 19.0. The maximum Gasteiger partial charge on any atom is 0.311 e. The molecule has 6 heteroatoms. The van der Waals surface area contributed by atoms with E-state index >= 15 is 0 Å². The van der Waals surface area contributed by atoms with Crippen LogP contribution in [-0.4, -0.2) is 31.3 Å². The van der Waals surface area contributed by atoms with Gasteiger partial charge < -0.3 is 5.11 Å². The summed E-state index contributed by atoms with van der Waals surface area (Å²) in [5.41, 5.74) is -0.588. The number of nitrogens with zero attached hydrogens (tertiary/aromatic N) is 4. The zero-order valence-electron chi connectivity index (χ0n) is 6.34. The van der Waals surface area contributed by atoms with Crippen LogP contribution in [0.1, 0.15) is 12.8 Å². The highest BCUT2D eigenvalue weighted by molar-refractivity contribution is 5.77. The summed E-state index contributed by atoms with van der Waals surface area (Å²) in [5, 5.41) is 19.3. The highest BCUT2D eigenvalue weighted by Gasteiger charge is 2.50. The molecule has 12 heavy (non-hydrogen) atoms. The lowest BCUT2D eigenvalue weighted by Gasteiger charge is -2.06. The summed E-state index contributed by atoms with van der Waals surface area (Å²) < 4.78 is 1.46. The van der Waals surface area contributed by atoms with Crippen molar-refractivity contribution in [3.8, 4) is 0 Å². The van der Waals surface area contributed by atoms with Gasteiger partial charge in [-0.25, -0.2) is 4.68 Å². The zero-order chi connectivity index (χ0) is 8.60. The molecule has 64 valence electrons. The first-order valence-electron chi connectivity index (χ1n) is 3.67. The van der Waals surface area contributed by atoms with Gasteiger partial charge in [0, 0.05) is 0 Å². The van der Waals surface area contributed by atoms with Crippen molar-refractivity contribution in [1.29, 1.82) is 0 Å². The van der Waals surface area contributed by atoms with Gasteiger partial charge in [0.05, 0.1) is 12.0 Å². The minimum atomic E-state index is -0.752. The number of carboxylic acid groups (broad SMARTS) is 1. The summed E-state index contributed by atoms with van der Waals surface area (Å²) >= 11 is 0. The molecular formula is C6H8N4O2. The van der Waals surface area contributed by atoms with Crippen molar-refractivity contribution in [2.24, 2.45) is 5.41 Å². The Bertz CT molecular complexity index is 291. The Morgan fingerprint density at radius 3 is 2.83 bits per heavy atom. The van der Waals surface area contributed by atoms with Crippen molar-refractivity contribution in [3.63, 3.8) is 0 Å². The van der Waals surface area contributed by atoms with Gasteiger partial charge in [-0.15, -0.1) is 5.10 Å². The first kappa shape index (κ1) is 7.20. The fraction of sp³-hybridized carbons (Fsp3) is 0.667. The van der Waals surface area contributed by atoms with Crippen molar-refractivity contribution in [2.45, 2.75) is 19.4 Å². The molecular weight excluding hydrogens is 160 g/mol. The molecule has 0 atom stereocenters. The van der Waals surface area contributed by atoms with E-state index in [2.05, 4.69) is 15.5 Å². The molecule has 1 fully saturated rings. The molecule has 1 aromatic rings. The number of carboxylic acids is 1. The predicted octanol–water partition coefficient (Wildman–Crippen LogP) is -0.462. The van der Waals surface area contributed by atoms with Crippen molar-refractivity contribution >= 4 is 5.97 Å². The Morgan fingerprint density at radius 1 is 1.67 bits per heavy atom. The van der Waals surface area contributed by atoms with Gasteiger partial charge in [-0.1, -0.05) is 0 Å². The highest BCUT2D eigenvalue weighted by Crippen LogP contribution is 2.47. The van der Waals surface area contributed by atoms with Crippen LogP contribution in [0, 0.1) is 5.41 Å². The SMILES string of the molecule is O=C(O)C1(Cn2cnnn2)CC1. The number of aliphatic carboxylic acids is 1. The zero-order valence-corrected chi connectivity index (χ0v) is 6.34. The van der Waals surface area contributed by atoms with Crippen LogP contribution in [0.15, 0.2) is 6.33 Å². The first-order valence-corrected chi connectivity index (χ1v) is 3.67. The van der Waals surface area contributed by atoms with E-state index in [0.29, 0.717) is 6.54 Å². The third-order valence-electron chi connectivity index (χ3n) is 2.16. The number of tetrazole rings is 1. The summed E-state index contributed by atoms with van der Waals surface area (Å²) in [6.07, 6.45) is 2.88. The monoisotopic (exact) mass is 168 g/mol. The van der Waals surface area contributed by atoms with Crippen molar-refractivity contribution in [2.75, 3.05) is 0 Å². The quantitative estimate of drug-likeness (QED) is 0.660. The highest BCUT2D eigenvalue weighted by atomic mass is 16.4. The van der Waals surface area contributed by atoms with Crippen LogP contribution in [0.25, 0.3) is 0 Å². The second-order valence-corrected chi connectivity index (χ2v) is 3.09. The Kier molecular flexibility index (Phi) is 1.36. The smallest absolute Gasteiger partial charge is 0.311 e. The number of carbonyl (C=O) groups is 1. The van der Waals surface area contributed by atoms with E-state index in [0.717, 1.165) is 12.8 Å². The summed E-state index contributed by atoms with van der Waals surface area (Å²) in [6, 6.07) is 0. The fourth-order valence-electron chi connectivity index (χ4n) is 1.15. The maximum atomic E-state index is 10.7. The van der Waals surface area contributed by atoms with Gasteiger partial charge >= 0.3 is 5.97 Å². The summed E-state index contributed by atoms with van der Waals surface area (Å²) in [4.78, 5) is 10.7. The molecule has 0 radical (unpaired) electrons. The molecule has 1 heterocycles. The molecule has 0 saturated heterocycles. The first-order chi connectivity index (χ1) is 5.73. The van der Waals surface area contributed by atoms with Crippen LogP contribution >= 0.6 is 0 Å². The molecule has 0 amide bonds. The molecule has 6 nitrogen and oxygen atoms in total. The van der Waals surface area contributed by atoms with Gasteiger partial charge in [-0.3, -0.25) is 4.79 Å². The Labute approximate surface area is 68.2 Å². The topological polar surface area (TPSA) is 80.9 Å². The summed E-state index contributed by atoms with van der Waals surface area (Å²) in [6.45, 7) is 0.384. The molecule has 0 bridgehead atoms. The second-order valence-electron chi connectivity index (χ2n) is 3.09. The van der Waals surface area contributed by atoms with E-state index in [1.165, 1.54) is 11.0 Å². The van der Waals surface area contributed by atoms with E-state index in [1.807, 2.05) is 0 Å². The number of rotatable bonds is 3. The molecule has 0 aromatic carbocycles. The van der Waals surface area contributed by atoms with Crippen LogP contribution in [0.4, 0.5) is 0 Å². The molecule has 2 rings (SSSR count). The molecule has 1 saturated carbocycles. The van der Waals surface area contributed by atoms with Gasteiger partial charge in [0.15, 0.2) is 0 Å². The summed E-state index contributed by atoms with van der Waals surface area (Å²) in [5.74, 6) is -0.752. The average molecular weight is 168 g/mol. The number of hydrogen-bond acceptors (Lipinski definition) is 4. The predicted molar refractivity (Wildman–Crippen MR) is 37.1 cm³/mol. The van der Waals surface area contributed by atoms with E-state index < -0.39 is 11.4 Å². The maximum absolute atomic E-state index is 10.7. The molecule has 0 spiro atoms. The van der Waals surface area contributed by atoms with Gasteiger partial charge in [-0.05, 0) is 23.3 Å². The Balaban J connectivity index is 2.09. The lowest BCUT2D eigenvalue weighted by Crippen LogP contribution is -2.21. The van der Waals surface area contributed by atoms with E-state index in [9.17, 15) is 4.79 Å². The number of hydrogen-bond donors (Lipinski definition) is 1. The van der Waals surface area contributed by atoms with Crippen molar-refractivity contribution < 1.29 is 9.90 Å². The van der Waals surface area contributed by atoms with Crippen LogP contribution in [-0.2, 0) is 11.3 Å². The van der Waals surface area contributed by atoms with Crippen LogP contribution in [0.2, 0.25) is 0 Å². The molecule has 1 aliphatic rings. The molecule has 0 aliphatic heterocycles. The fourth-order valence-corrected chi connectivity index (χ4v) is 1.15.